The summed E-state index contributed by atoms with van der Waals surface area (Å²) in [7, 11) is -3.59. The molecule has 5 nitrogen and oxygen atoms in total. The highest BCUT2D eigenvalue weighted by atomic mass is 32.2. The van der Waals surface area contributed by atoms with Crippen LogP contribution in [-0.2, 0) is 23.2 Å². The lowest BCUT2D eigenvalue weighted by atomic mass is 10.0. The smallest absolute Gasteiger partial charge is 0.306 e. The van der Waals surface area contributed by atoms with Crippen molar-refractivity contribution in [3.63, 3.8) is 0 Å². The van der Waals surface area contributed by atoms with Gasteiger partial charge in [0.05, 0.1) is 6.26 Å². The van der Waals surface area contributed by atoms with Crippen LogP contribution < -0.4 is 4.18 Å². The van der Waals surface area contributed by atoms with E-state index in [-0.39, 0.29) is 11.7 Å². The molecule has 4 aromatic carbocycles. The molecule has 0 aliphatic rings. The van der Waals surface area contributed by atoms with E-state index in [1.54, 1.807) is 29.2 Å². The molecule has 172 valence electrons. The summed E-state index contributed by atoms with van der Waals surface area (Å²) in [6, 6.07) is 34.2. The second-order valence-corrected chi connectivity index (χ2v) is 9.60. The van der Waals surface area contributed by atoms with Crippen LogP contribution in [0.2, 0.25) is 0 Å². The van der Waals surface area contributed by atoms with E-state index in [0.29, 0.717) is 18.7 Å². The molecule has 4 rings (SSSR count). The van der Waals surface area contributed by atoms with E-state index >= 15 is 0 Å². The van der Waals surface area contributed by atoms with Crippen molar-refractivity contribution in [2.24, 2.45) is 0 Å². The van der Waals surface area contributed by atoms with Crippen LogP contribution in [0.25, 0.3) is 11.1 Å². The van der Waals surface area contributed by atoms with Gasteiger partial charge in [-0.2, -0.15) is 8.42 Å². The van der Waals surface area contributed by atoms with Crippen molar-refractivity contribution < 1.29 is 17.4 Å². The summed E-state index contributed by atoms with van der Waals surface area (Å²) in [4.78, 5) is 15.3. The van der Waals surface area contributed by atoms with Crippen molar-refractivity contribution in [1.29, 1.82) is 0 Å². The summed E-state index contributed by atoms with van der Waals surface area (Å²) in [5.41, 5.74) is 4.64. The minimum atomic E-state index is -3.59. The summed E-state index contributed by atoms with van der Waals surface area (Å²) in [6.45, 7) is 0.815. The molecular formula is C28H25NO4S. The fraction of sp³-hybridized carbons (Fsp3) is 0.107. The lowest BCUT2D eigenvalue weighted by Crippen LogP contribution is -2.30. The van der Waals surface area contributed by atoms with Crippen LogP contribution >= 0.6 is 0 Å². The summed E-state index contributed by atoms with van der Waals surface area (Å²) in [5.74, 6) is 0.156. The lowest BCUT2D eigenvalue weighted by molar-refractivity contribution is 0.0730. The Balaban J connectivity index is 1.56. The maximum atomic E-state index is 13.5. The van der Waals surface area contributed by atoms with Crippen LogP contribution in [0.4, 0.5) is 0 Å². The third kappa shape index (κ3) is 6.33. The van der Waals surface area contributed by atoms with Crippen LogP contribution in [0.3, 0.4) is 0 Å². The molecule has 6 heteroatoms. The molecule has 0 radical (unpaired) electrons. The molecule has 0 aromatic heterocycles. The zero-order valence-corrected chi connectivity index (χ0v) is 19.6. The molecule has 34 heavy (non-hydrogen) atoms. The molecule has 0 heterocycles. The first kappa shape index (κ1) is 23.3. The highest BCUT2D eigenvalue weighted by Crippen LogP contribution is 2.22. The Morgan fingerprint density at radius 1 is 0.676 bits per heavy atom. The van der Waals surface area contributed by atoms with Crippen molar-refractivity contribution >= 4 is 16.0 Å². The number of carbonyl (C=O) groups is 1. The van der Waals surface area contributed by atoms with E-state index in [2.05, 4.69) is 0 Å². The topological polar surface area (TPSA) is 63.7 Å². The summed E-state index contributed by atoms with van der Waals surface area (Å²) in [6.07, 6.45) is 1.00. The third-order valence-electron chi connectivity index (χ3n) is 5.29. The van der Waals surface area contributed by atoms with Gasteiger partial charge in [-0.25, -0.2) is 0 Å². The molecule has 0 aliphatic heterocycles. The van der Waals surface area contributed by atoms with Gasteiger partial charge in [-0.05, 0) is 46.5 Å². The number of hydrogen-bond acceptors (Lipinski definition) is 4. The average Bonchev–Trinajstić information content (AvgIpc) is 2.85. The van der Waals surface area contributed by atoms with Crippen LogP contribution in [0, 0.1) is 0 Å². The highest BCUT2D eigenvalue weighted by Gasteiger charge is 2.17. The van der Waals surface area contributed by atoms with Gasteiger partial charge in [0.25, 0.3) is 5.91 Å². The Bertz CT molecular complexity index is 1340. The molecule has 0 spiro atoms. The predicted molar refractivity (Wildman–Crippen MR) is 134 cm³/mol. The van der Waals surface area contributed by atoms with E-state index in [0.717, 1.165) is 28.5 Å². The molecule has 0 saturated heterocycles. The van der Waals surface area contributed by atoms with E-state index in [4.69, 9.17) is 4.18 Å². The number of nitrogens with zero attached hydrogens (tertiary/aromatic N) is 1. The van der Waals surface area contributed by atoms with Gasteiger partial charge in [0, 0.05) is 18.7 Å². The maximum Gasteiger partial charge on any atom is 0.306 e. The van der Waals surface area contributed by atoms with Crippen molar-refractivity contribution in [3.05, 3.63) is 126 Å². The van der Waals surface area contributed by atoms with Gasteiger partial charge in [0.2, 0.25) is 0 Å². The summed E-state index contributed by atoms with van der Waals surface area (Å²) >= 11 is 0. The molecule has 0 bridgehead atoms. The van der Waals surface area contributed by atoms with Crippen LogP contribution in [0.5, 0.6) is 5.75 Å². The highest BCUT2D eigenvalue weighted by molar-refractivity contribution is 7.86. The molecule has 1 amide bonds. The lowest BCUT2D eigenvalue weighted by Gasteiger charge is -2.23. The number of carbonyl (C=O) groups excluding carboxylic acids is 1. The Kier molecular flexibility index (Phi) is 7.09. The first-order valence-corrected chi connectivity index (χ1v) is 12.7. The molecule has 0 N–H and O–H groups in total. The Labute approximate surface area is 200 Å². The first-order chi connectivity index (χ1) is 16.4. The molecule has 0 aliphatic carbocycles. The monoisotopic (exact) mass is 471 g/mol. The van der Waals surface area contributed by atoms with Crippen molar-refractivity contribution in [2.45, 2.75) is 13.1 Å². The predicted octanol–water partition coefficient (Wildman–Crippen LogP) is 5.53. The van der Waals surface area contributed by atoms with Gasteiger partial charge in [0.1, 0.15) is 5.75 Å². The van der Waals surface area contributed by atoms with E-state index in [9.17, 15) is 13.2 Å². The van der Waals surface area contributed by atoms with Crippen LogP contribution in [0.1, 0.15) is 21.5 Å². The largest absolute Gasteiger partial charge is 0.383 e. The van der Waals surface area contributed by atoms with Gasteiger partial charge >= 0.3 is 10.1 Å². The maximum absolute atomic E-state index is 13.5. The van der Waals surface area contributed by atoms with Gasteiger partial charge in [-0.3, -0.25) is 4.79 Å². The molecule has 0 unspecified atom stereocenters. The minimum Gasteiger partial charge on any atom is -0.383 e. The quantitative estimate of drug-likeness (QED) is 0.317. The van der Waals surface area contributed by atoms with Crippen molar-refractivity contribution in [3.8, 4) is 16.9 Å². The normalized spacial score (nSPS) is 11.1. The molecule has 4 aromatic rings. The molecule has 0 atom stereocenters. The number of benzene rings is 4. The van der Waals surface area contributed by atoms with Crippen LogP contribution in [0.15, 0.2) is 109 Å². The second-order valence-electron chi connectivity index (χ2n) is 8.02. The first-order valence-electron chi connectivity index (χ1n) is 10.8. The van der Waals surface area contributed by atoms with Crippen LogP contribution in [-0.4, -0.2) is 25.5 Å². The standard InChI is InChI=1S/C28H25NO4S/c1-34(31,32)33-27-18-12-23(13-19-27)21-29(20-22-8-4-2-5-9-22)28(30)26-16-14-25(15-17-26)24-10-6-3-7-11-24/h2-19H,20-21H2,1H3. The fourth-order valence-electron chi connectivity index (χ4n) is 3.67. The van der Waals surface area contributed by atoms with E-state index in [1.165, 1.54) is 0 Å². The van der Waals surface area contributed by atoms with Gasteiger partial charge in [0.15, 0.2) is 0 Å². The number of amides is 1. The van der Waals surface area contributed by atoms with E-state index < -0.39 is 10.1 Å². The van der Waals surface area contributed by atoms with E-state index in [1.807, 2.05) is 84.9 Å². The summed E-state index contributed by atoms with van der Waals surface area (Å²) in [5, 5.41) is 0. The van der Waals surface area contributed by atoms with Crippen molar-refractivity contribution in [1.82, 2.24) is 4.90 Å². The molecule has 0 saturated carbocycles. The Hall–Kier alpha value is -3.90. The molecular weight excluding hydrogens is 446 g/mol. The van der Waals surface area contributed by atoms with Crippen molar-refractivity contribution in [2.75, 3.05) is 6.26 Å². The summed E-state index contributed by atoms with van der Waals surface area (Å²) < 4.78 is 27.6. The minimum absolute atomic E-state index is 0.0834. The SMILES string of the molecule is CS(=O)(=O)Oc1ccc(CN(Cc2ccccc2)C(=O)c2ccc(-c3ccccc3)cc2)cc1. The molecule has 0 fully saturated rings. The Morgan fingerprint density at radius 3 is 1.74 bits per heavy atom. The fourth-order valence-corrected chi connectivity index (χ4v) is 4.13. The zero-order valence-electron chi connectivity index (χ0n) is 18.8. The third-order valence-corrected chi connectivity index (χ3v) is 5.78. The zero-order chi connectivity index (χ0) is 24.0. The van der Waals surface area contributed by atoms with Gasteiger partial charge < -0.3 is 9.08 Å². The number of rotatable bonds is 8. The van der Waals surface area contributed by atoms with Gasteiger partial charge in [-0.15, -0.1) is 0 Å². The number of hydrogen-bond donors (Lipinski definition) is 0. The average molecular weight is 472 g/mol. The Morgan fingerprint density at radius 2 is 1.18 bits per heavy atom. The second kappa shape index (κ2) is 10.4. The van der Waals surface area contributed by atoms with Gasteiger partial charge in [-0.1, -0.05) is 84.9 Å².